The van der Waals surface area contributed by atoms with E-state index in [2.05, 4.69) is 11.6 Å². The molecule has 0 heterocycles. The molecule has 3 aromatic carbocycles. The van der Waals surface area contributed by atoms with Crippen LogP contribution in [0.1, 0.15) is 17.5 Å². The van der Waals surface area contributed by atoms with Crippen molar-refractivity contribution in [2.24, 2.45) is 0 Å². The standard InChI is InChI=1S/C24H22FO5P/c1-16-13-18-5-3-4-6-22(18)24(17-7-9-19(25)10-8-17)21(16)11-12-31(29,30-2)15-20(26)14-23(27)28/h3-10,13,20,26H,14-15H2,1-2H3,(H,27,28)/t20-,31?/m0/s1. The number of aliphatic hydroxyl groups is 1. The van der Waals surface area contributed by atoms with Crippen LogP contribution in [0.25, 0.3) is 21.9 Å². The van der Waals surface area contributed by atoms with Crippen LogP contribution in [0.5, 0.6) is 0 Å². The molecule has 0 aliphatic carbocycles. The molecule has 0 radical (unpaired) electrons. The maximum Gasteiger partial charge on any atom is 0.305 e. The summed E-state index contributed by atoms with van der Waals surface area (Å²) in [6.45, 7) is 1.88. The second kappa shape index (κ2) is 9.45. The van der Waals surface area contributed by atoms with Gasteiger partial charge >= 0.3 is 5.97 Å². The predicted molar refractivity (Wildman–Crippen MR) is 119 cm³/mol. The number of fused-ring (bicyclic) bond motifs is 1. The first-order valence-corrected chi connectivity index (χ1v) is 11.4. The van der Waals surface area contributed by atoms with E-state index in [9.17, 15) is 18.9 Å². The van der Waals surface area contributed by atoms with Crippen molar-refractivity contribution in [1.29, 1.82) is 0 Å². The van der Waals surface area contributed by atoms with Crippen molar-refractivity contribution in [2.45, 2.75) is 19.4 Å². The number of benzene rings is 3. The molecule has 3 rings (SSSR count). The number of rotatable bonds is 6. The average Bonchev–Trinajstić information content (AvgIpc) is 2.72. The number of carboxylic acids is 1. The van der Waals surface area contributed by atoms with Gasteiger partial charge in [0.2, 0.25) is 0 Å². The largest absolute Gasteiger partial charge is 0.481 e. The summed E-state index contributed by atoms with van der Waals surface area (Å²) < 4.78 is 31.6. The minimum absolute atomic E-state index is 0.357. The summed E-state index contributed by atoms with van der Waals surface area (Å²) in [5, 5.41) is 20.6. The van der Waals surface area contributed by atoms with Crippen LogP contribution in [0, 0.1) is 24.3 Å². The van der Waals surface area contributed by atoms with Gasteiger partial charge < -0.3 is 14.7 Å². The monoisotopic (exact) mass is 440 g/mol. The summed E-state index contributed by atoms with van der Waals surface area (Å²) in [4.78, 5) is 10.8. The van der Waals surface area contributed by atoms with E-state index in [0.29, 0.717) is 5.56 Å². The lowest BCUT2D eigenvalue weighted by atomic mass is 9.90. The summed E-state index contributed by atoms with van der Waals surface area (Å²) in [7, 11) is -2.39. The van der Waals surface area contributed by atoms with Gasteiger partial charge in [-0.15, -0.1) is 0 Å². The molecule has 0 amide bonds. The average molecular weight is 440 g/mol. The van der Waals surface area contributed by atoms with E-state index >= 15 is 0 Å². The van der Waals surface area contributed by atoms with Gasteiger partial charge in [-0.1, -0.05) is 48.4 Å². The highest BCUT2D eigenvalue weighted by Gasteiger charge is 2.25. The van der Waals surface area contributed by atoms with Crippen molar-refractivity contribution in [3.05, 3.63) is 71.5 Å². The number of hydrogen-bond donors (Lipinski definition) is 2. The first-order chi connectivity index (χ1) is 14.7. The zero-order valence-electron chi connectivity index (χ0n) is 17.1. The van der Waals surface area contributed by atoms with Crippen LogP contribution in [0.3, 0.4) is 0 Å². The Hall–Kier alpha value is -2.97. The highest BCUT2D eigenvalue weighted by Crippen LogP contribution is 2.46. The summed E-state index contributed by atoms with van der Waals surface area (Å²) in [5.41, 5.74) is 5.62. The number of hydrogen-bond acceptors (Lipinski definition) is 4. The topological polar surface area (TPSA) is 83.8 Å². The SMILES string of the molecule is COP(=O)(C#Cc1c(C)cc2ccccc2c1-c1ccc(F)cc1)C[C@@H](O)CC(=O)O. The Morgan fingerprint density at radius 1 is 1.19 bits per heavy atom. The lowest BCUT2D eigenvalue weighted by Gasteiger charge is -2.15. The summed E-state index contributed by atoms with van der Waals surface area (Å²) in [5.74, 6) is 1.39. The van der Waals surface area contributed by atoms with Gasteiger partial charge in [0.05, 0.1) is 18.7 Å². The van der Waals surface area contributed by atoms with E-state index in [1.165, 1.54) is 19.2 Å². The fraction of sp³-hybridized carbons (Fsp3) is 0.208. The molecule has 0 aliphatic heterocycles. The summed E-state index contributed by atoms with van der Waals surface area (Å²) >= 11 is 0. The zero-order valence-corrected chi connectivity index (χ0v) is 18.0. The highest BCUT2D eigenvalue weighted by molar-refractivity contribution is 7.64. The Morgan fingerprint density at radius 2 is 1.87 bits per heavy atom. The van der Waals surface area contributed by atoms with Crippen molar-refractivity contribution >= 4 is 24.1 Å². The number of aliphatic hydroxyl groups excluding tert-OH is 1. The molecule has 1 unspecified atom stereocenters. The maximum atomic E-state index is 13.5. The molecule has 0 fully saturated rings. The van der Waals surface area contributed by atoms with Gasteiger partial charge in [0, 0.05) is 18.2 Å². The molecule has 0 aromatic heterocycles. The normalized spacial score (nSPS) is 13.8. The van der Waals surface area contributed by atoms with Crippen LogP contribution < -0.4 is 0 Å². The van der Waals surface area contributed by atoms with Crippen molar-refractivity contribution in [2.75, 3.05) is 13.3 Å². The first kappa shape index (κ1) is 22.7. The minimum Gasteiger partial charge on any atom is -0.481 e. The molecule has 0 aliphatic rings. The van der Waals surface area contributed by atoms with Gasteiger partial charge in [-0.25, -0.2) is 4.39 Å². The van der Waals surface area contributed by atoms with E-state index in [0.717, 1.165) is 27.5 Å². The number of aliphatic carboxylic acids is 1. The van der Waals surface area contributed by atoms with Gasteiger partial charge in [0.15, 0.2) is 0 Å². The number of carboxylic acid groups (broad SMARTS) is 1. The van der Waals surface area contributed by atoms with Crippen LogP contribution in [0.15, 0.2) is 54.6 Å². The quantitative estimate of drug-likeness (QED) is 0.415. The van der Waals surface area contributed by atoms with Crippen molar-refractivity contribution < 1.29 is 28.5 Å². The Balaban J connectivity index is 2.16. The van der Waals surface area contributed by atoms with E-state index in [1.54, 1.807) is 12.1 Å². The van der Waals surface area contributed by atoms with E-state index in [-0.39, 0.29) is 12.0 Å². The molecule has 0 saturated carbocycles. The van der Waals surface area contributed by atoms with Crippen molar-refractivity contribution in [1.82, 2.24) is 0 Å². The number of halogens is 1. The molecule has 0 bridgehead atoms. The molecule has 2 N–H and O–H groups in total. The number of carbonyl (C=O) groups is 1. The third kappa shape index (κ3) is 5.39. The third-order valence-electron chi connectivity index (χ3n) is 4.89. The molecule has 0 saturated heterocycles. The molecule has 7 heteroatoms. The second-order valence-electron chi connectivity index (χ2n) is 7.20. The predicted octanol–water partition coefficient (Wildman–Crippen LogP) is 5.02. The summed E-state index contributed by atoms with van der Waals surface area (Å²) in [6, 6.07) is 15.7. The van der Waals surface area contributed by atoms with Crippen molar-refractivity contribution in [3.63, 3.8) is 0 Å². The second-order valence-corrected chi connectivity index (χ2v) is 9.50. The minimum atomic E-state index is -3.61. The maximum absolute atomic E-state index is 13.5. The Bertz CT molecular complexity index is 1220. The molecule has 3 aromatic rings. The zero-order chi connectivity index (χ0) is 22.6. The van der Waals surface area contributed by atoms with Gasteiger partial charge in [0.25, 0.3) is 7.37 Å². The molecule has 2 atom stereocenters. The fourth-order valence-corrected chi connectivity index (χ4v) is 4.71. The van der Waals surface area contributed by atoms with E-state index in [1.807, 2.05) is 37.3 Å². The summed E-state index contributed by atoms with van der Waals surface area (Å²) in [6.07, 6.45) is -2.28. The Morgan fingerprint density at radius 3 is 2.52 bits per heavy atom. The lowest BCUT2D eigenvalue weighted by molar-refractivity contribution is -0.138. The third-order valence-corrected chi connectivity index (χ3v) is 6.83. The van der Waals surface area contributed by atoms with Crippen LogP contribution in [-0.4, -0.2) is 35.6 Å². The smallest absolute Gasteiger partial charge is 0.305 e. The Labute approximate surface area is 179 Å². The molecule has 5 nitrogen and oxygen atoms in total. The van der Waals surface area contributed by atoms with Gasteiger partial charge in [-0.2, -0.15) is 0 Å². The highest BCUT2D eigenvalue weighted by atomic mass is 31.2. The van der Waals surface area contributed by atoms with Crippen LogP contribution in [0.4, 0.5) is 4.39 Å². The van der Waals surface area contributed by atoms with Crippen molar-refractivity contribution in [3.8, 4) is 22.7 Å². The van der Waals surface area contributed by atoms with Crippen LogP contribution in [-0.2, 0) is 13.9 Å². The first-order valence-electron chi connectivity index (χ1n) is 9.58. The lowest BCUT2D eigenvalue weighted by Crippen LogP contribution is -2.17. The van der Waals surface area contributed by atoms with Gasteiger partial charge in [-0.05, 0) is 46.6 Å². The van der Waals surface area contributed by atoms with Gasteiger partial charge in [-0.3, -0.25) is 9.36 Å². The number of aryl methyl sites for hydroxylation is 1. The molecule has 160 valence electrons. The van der Waals surface area contributed by atoms with Gasteiger partial charge in [0.1, 0.15) is 5.82 Å². The molecular formula is C24H22FO5P. The molecule has 31 heavy (non-hydrogen) atoms. The van der Waals surface area contributed by atoms with E-state index < -0.39 is 25.9 Å². The van der Waals surface area contributed by atoms with Crippen LogP contribution in [0.2, 0.25) is 0 Å². The van der Waals surface area contributed by atoms with Crippen LogP contribution >= 0.6 is 7.37 Å². The van der Waals surface area contributed by atoms with E-state index in [4.69, 9.17) is 9.63 Å². The fourth-order valence-electron chi connectivity index (χ4n) is 3.42. The molecular weight excluding hydrogens is 418 g/mol. The molecule has 0 spiro atoms. The Kier molecular flexibility index (Phi) is 6.92.